The molecule has 0 saturated heterocycles. The first-order valence-corrected chi connectivity index (χ1v) is 8.82. The van der Waals surface area contributed by atoms with Crippen molar-refractivity contribution in [1.82, 2.24) is 5.32 Å². The SMILES string of the molecule is Cc1cc(C)c(NS(=O)(=O)CCNC2CC2)c(Br)c1. The molecule has 0 aromatic heterocycles. The van der Waals surface area contributed by atoms with E-state index in [4.69, 9.17) is 0 Å². The van der Waals surface area contributed by atoms with Crippen molar-refractivity contribution in [3.05, 3.63) is 27.7 Å². The smallest absolute Gasteiger partial charge is 0.234 e. The lowest BCUT2D eigenvalue weighted by atomic mass is 10.1. The molecule has 0 aliphatic heterocycles. The van der Waals surface area contributed by atoms with Crippen LogP contribution >= 0.6 is 15.9 Å². The fourth-order valence-corrected chi connectivity index (χ4v) is 3.91. The Kier molecular flexibility index (Phi) is 4.53. The molecule has 2 rings (SSSR count). The van der Waals surface area contributed by atoms with Crippen LogP contribution in [-0.2, 0) is 10.0 Å². The lowest BCUT2D eigenvalue weighted by Crippen LogP contribution is -2.28. The summed E-state index contributed by atoms with van der Waals surface area (Å²) in [6, 6.07) is 4.40. The Balaban J connectivity index is 2.02. The molecular formula is C13H19BrN2O2S. The highest BCUT2D eigenvalue weighted by Crippen LogP contribution is 2.28. The summed E-state index contributed by atoms with van der Waals surface area (Å²) in [7, 11) is -3.30. The summed E-state index contributed by atoms with van der Waals surface area (Å²) in [5.41, 5.74) is 2.66. The van der Waals surface area contributed by atoms with Crippen molar-refractivity contribution >= 4 is 31.6 Å². The topological polar surface area (TPSA) is 58.2 Å². The van der Waals surface area contributed by atoms with E-state index in [2.05, 4.69) is 26.0 Å². The molecule has 0 heterocycles. The Bertz CT molecular complexity index is 545. The number of aryl methyl sites for hydroxylation is 2. The lowest BCUT2D eigenvalue weighted by molar-refractivity contribution is 0.595. The van der Waals surface area contributed by atoms with Gasteiger partial charge in [0.05, 0.1) is 11.4 Å². The van der Waals surface area contributed by atoms with Gasteiger partial charge >= 0.3 is 0 Å². The van der Waals surface area contributed by atoms with Gasteiger partial charge in [-0.1, -0.05) is 6.07 Å². The normalized spacial score (nSPS) is 15.5. The standard InChI is InChI=1S/C13H19BrN2O2S/c1-9-7-10(2)13(12(14)8-9)16-19(17,18)6-5-15-11-3-4-11/h7-8,11,15-16H,3-6H2,1-2H3. The zero-order valence-corrected chi connectivity index (χ0v) is 13.6. The van der Waals surface area contributed by atoms with Crippen molar-refractivity contribution < 1.29 is 8.42 Å². The van der Waals surface area contributed by atoms with Crippen molar-refractivity contribution in [3.63, 3.8) is 0 Å². The molecular weight excluding hydrogens is 328 g/mol. The second-order valence-electron chi connectivity index (χ2n) is 5.09. The van der Waals surface area contributed by atoms with E-state index < -0.39 is 10.0 Å². The Morgan fingerprint density at radius 2 is 2.00 bits per heavy atom. The summed E-state index contributed by atoms with van der Waals surface area (Å²) < 4.78 is 27.5. The summed E-state index contributed by atoms with van der Waals surface area (Å²) in [5.74, 6) is 0.100. The van der Waals surface area contributed by atoms with E-state index in [0.717, 1.165) is 28.4 Å². The summed E-state index contributed by atoms with van der Waals surface area (Å²) in [5, 5.41) is 3.21. The van der Waals surface area contributed by atoms with Crippen LogP contribution < -0.4 is 10.0 Å². The molecule has 19 heavy (non-hydrogen) atoms. The summed E-state index contributed by atoms with van der Waals surface area (Å²) in [6.45, 7) is 4.39. The van der Waals surface area contributed by atoms with Gasteiger partial charge in [0.1, 0.15) is 0 Å². The van der Waals surface area contributed by atoms with Crippen molar-refractivity contribution in [1.29, 1.82) is 0 Å². The number of rotatable bonds is 6. The number of halogens is 1. The van der Waals surface area contributed by atoms with Crippen LogP contribution in [0.5, 0.6) is 0 Å². The van der Waals surface area contributed by atoms with Crippen molar-refractivity contribution in [2.45, 2.75) is 32.7 Å². The third-order valence-electron chi connectivity index (χ3n) is 3.07. The predicted octanol–water partition coefficient (Wildman–Crippen LogP) is 2.56. The molecule has 0 amide bonds. The van der Waals surface area contributed by atoms with Gasteiger partial charge in [0.2, 0.25) is 10.0 Å². The minimum atomic E-state index is -3.30. The fraction of sp³-hybridized carbons (Fsp3) is 0.538. The minimum absolute atomic E-state index is 0.100. The van der Waals surface area contributed by atoms with Gasteiger partial charge in [-0.15, -0.1) is 0 Å². The largest absolute Gasteiger partial charge is 0.313 e. The van der Waals surface area contributed by atoms with E-state index in [1.54, 1.807) is 0 Å². The van der Waals surface area contributed by atoms with Gasteiger partial charge in [0, 0.05) is 17.1 Å². The Morgan fingerprint density at radius 1 is 1.32 bits per heavy atom. The third kappa shape index (κ3) is 4.47. The van der Waals surface area contributed by atoms with Crippen LogP contribution in [0.4, 0.5) is 5.69 Å². The van der Waals surface area contributed by atoms with Crippen LogP contribution in [0.25, 0.3) is 0 Å². The number of sulfonamides is 1. The molecule has 0 atom stereocenters. The number of hydrogen-bond donors (Lipinski definition) is 2. The fourth-order valence-electron chi connectivity index (χ4n) is 1.94. The van der Waals surface area contributed by atoms with Gasteiger partial charge in [0.25, 0.3) is 0 Å². The quantitative estimate of drug-likeness (QED) is 0.832. The first kappa shape index (κ1) is 14.8. The Hall–Kier alpha value is -0.590. The number of hydrogen-bond acceptors (Lipinski definition) is 3. The first-order valence-electron chi connectivity index (χ1n) is 6.38. The molecule has 106 valence electrons. The molecule has 1 saturated carbocycles. The highest BCUT2D eigenvalue weighted by molar-refractivity contribution is 9.10. The molecule has 1 aliphatic carbocycles. The van der Waals surface area contributed by atoms with Crippen LogP contribution in [0, 0.1) is 13.8 Å². The van der Waals surface area contributed by atoms with Crippen molar-refractivity contribution in [2.24, 2.45) is 0 Å². The second-order valence-corrected chi connectivity index (χ2v) is 7.78. The zero-order valence-electron chi connectivity index (χ0n) is 11.2. The van der Waals surface area contributed by atoms with Gasteiger partial charge in [-0.25, -0.2) is 8.42 Å². The second kappa shape index (κ2) is 5.81. The number of benzene rings is 1. The van der Waals surface area contributed by atoms with Crippen LogP contribution in [-0.4, -0.2) is 26.8 Å². The van der Waals surface area contributed by atoms with Crippen molar-refractivity contribution in [3.8, 4) is 0 Å². The average Bonchev–Trinajstić information content (AvgIpc) is 3.07. The van der Waals surface area contributed by atoms with Gasteiger partial charge in [-0.2, -0.15) is 0 Å². The summed E-state index contributed by atoms with van der Waals surface area (Å²) in [4.78, 5) is 0. The highest BCUT2D eigenvalue weighted by atomic mass is 79.9. The van der Waals surface area contributed by atoms with E-state index in [1.807, 2.05) is 26.0 Å². The zero-order chi connectivity index (χ0) is 14.0. The maximum absolute atomic E-state index is 12.0. The van der Waals surface area contributed by atoms with E-state index in [0.29, 0.717) is 18.3 Å². The van der Waals surface area contributed by atoms with Gasteiger partial charge in [-0.3, -0.25) is 4.72 Å². The maximum Gasteiger partial charge on any atom is 0.234 e. The number of anilines is 1. The molecule has 4 nitrogen and oxygen atoms in total. The molecule has 2 N–H and O–H groups in total. The maximum atomic E-state index is 12.0. The van der Waals surface area contributed by atoms with Crippen LogP contribution in [0.1, 0.15) is 24.0 Å². The molecule has 1 aromatic rings. The van der Waals surface area contributed by atoms with E-state index >= 15 is 0 Å². The van der Waals surface area contributed by atoms with Crippen LogP contribution in [0.2, 0.25) is 0 Å². The van der Waals surface area contributed by atoms with Crippen LogP contribution in [0.15, 0.2) is 16.6 Å². The van der Waals surface area contributed by atoms with Gasteiger partial charge < -0.3 is 5.32 Å². The third-order valence-corrected chi connectivity index (χ3v) is 4.95. The van der Waals surface area contributed by atoms with E-state index in [1.165, 1.54) is 0 Å². The van der Waals surface area contributed by atoms with Crippen LogP contribution in [0.3, 0.4) is 0 Å². The molecule has 0 radical (unpaired) electrons. The molecule has 0 spiro atoms. The Labute approximate surface area is 123 Å². The van der Waals surface area contributed by atoms with Gasteiger partial charge in [0.15, 0.2) is 0 Å². The molecule has 1 aliphatic rings. The summed E-state index contributed by atoms with van der Waals surface area (Å²) >= 11 is 3.41. The monoisotopic (exact) mass is 346 g/mol. The molecule has 1 fully saturated rings. The highest BCUT2D eigenvalue weighted by Gasteiger charge is 2.21. The van der Waals surface area contributed by atoms with Gasteiger partial charge in [-0.05, 0) is 59.8 Å². The molecule has 0 unspecified atom stereocenters. The minimum Gasteiger partial charge on any atom is -0.313 e. The first-order chi connectivity index (χ1) is 8.87. The predicted molar refractivity (Wildman–Crippen MR) is 82.1 cm³/mol. The number of nitrogens with one attached hydrogen (secondary N) is 2. The Morgan fingerprint density at radius 3 is 2.58 bits per heavy atom. The molecule has 6 heteroatoms. The van der Waals surface area contributed by atoms with E-state index in [-0.39, 0.29) is 5.75 Å². The molecule has 0 bridgehead atoms. The average molecular weight is 347 g/mol. The molecule has 1 aromatic carbocycles. The summed E-state index contributed by atoms with van der Waals surface area (Å²) in [6.07, 6.45) is 2.33. The van der Waals surface area contributed by atoms with E-state index in [9.17, 15) is 8.42 Å². The lowest BCUT2D eigenvalue weighted by Gasteiger charge is -2.13. The van der Waals surface area contributed by atoms with Crippen molar-refractivity contribution in [2.75, 3.05) is 17.0 Å².